The number of halogens is 5. The molecule has 0 saturated carbocycles. The molecule has 1 rings (SSSR count). The molecule has 0 atom stereocenters. The molecule has 0 radical (unpaired) electrons. The van der Waals surface area contributed by atoms with Crippen LogP contribution >= 0.6 is 27.5 Å². The minimum atomic E-state index is -5.18. The van der Waals surface area contributed by atoms with Gasteiger partial charge in [-0.1, -0.05) is 0 Å². The van der Waals surface area contributed by atoms with E-state index < -0.39 is 38.1 Å². The van der Waals surface area contributed by atoms with Crippen LogP contribution in [0.1, 0.15) is 10.4 Å². The van der Waals surface area contributed by atoms with Crippen molar-refractivity contribution in [2.45, 2.75) is 6.36 Å². The Balaban J connectivity index is 3.45. The number of alkyl halides is 3. The molecule has 0 fully saturated rings. The highest BCUT2D eigenvalue weighted by molar-refractivity contribution is 9.10. The lowest BCUT2D eigenvalue weighted by Crippen LogP contribution is -2.19. The maximum Gasteiger partial charge on any atom is 0.573 e. The molecule has 0 bridgehead atoms. The number of nitro groups is 1. The van der Waals surface area contributed by atoms with Crippen molar-refractivity contribution < 1.29 is 27.6 Å². The van der Waals surface area contributed by atoms with Gasteiger partial charge in [0.1, 0.15) is 0 Å². The maximum absolute atomic E-state index is 12.1. The summed E-state index contributed by atoms with van der Waals surface area (Å²) in [6, 6.07) is 0. The van der Waals surface area contributed by atoms with Crippen molar-refractivity contribution in [3.8, 4) is 5.75 Å². The molecule has 18 heavy (non-hydrogen) atoms. The van der Waals surface area contributed by atoms with E-state index in [-0.39, 0.29) is 0 Å². The summed E-state index contributed by atoms with van der Waals surface area (Å²) in [6.45, 7) is 0. The second kappa shape index (κ2) is 5.06. The molecule has 0 aliphatic rings. The fourth-order valence-electron chi connectivity index (χ4n) is 0.935. The summed E-state index contributed by atoms with van der Waals surface area (Å²) in [5, 5.41) is 9.36. The molecule has 11 heteroatoms. The minimum absolute atomic E-state index is 0.485. The van der Waals surface area contributed by atoms with Crippen LogP contribution in [0, 0.1) is 10.1 Å². The summed E-state index contributed by atoms with van der Waals surface area (Å²) in [7, 11) is 0. The Morgan fingerprint density at radius 3 is 2.50 bits per heavy atom. The Kier molecular flexibility index (Phi) is 4.12. The Bertz CT molecular complexity index is 522. The van der Waals surface area contributed by atoms with Gasteiger partial charge in [0.15, 0.2) is 6.20 Å². The molecule has 0 amide bonds. The summed E-state index contributed by atoms with van der Waals surface area (Å²) < 4.78 is 39.1. The van der Waals surface area contributed by atoms with Gasteiger partial charge in [0, 0.05) is 0 Å². The smallest absolute Gasteiger partial charge is 0.395 e. The van der Waals surface area contributed by atoms with Gasteiger partial charge in [-0.3, -0.25) is 4.79 Å². The van der Waals surface area contributed by atoms with Crippen molar-refractivity contribution in [1.29, 1.82) is 0 Å². The van der Waals surface area contributed by atoms with Crippen LogP contribution < -0.4 is 4.74 Å². The van der Waals surface area contributed by atoms with Crippen LogP contribution in [0.5, 0.6) is 5.75 Å². The molecule has 0 saturated heterocycles. The summed E-state index contributed by atoms with van der Waals surface area (Å²) in [6.07, 6.45) is -4.51. The van der Waals surface area contributed by atoms with E-state index in [0.29, 0.717) is 6.20 Å². The molecule has 0 unspecified atom stereocenters. The molecule has 1 aromatic rings. The van der Waals surface area contributed by atoms with E-state index >= 15 is 0 Å². The molecular formula is C7HBrClF3N2O4. The zero-order chi connectivity index (χ0) is 14.1. The number of hydrogen-bond donors (Lipinski definition) is 0. The second-order valence-corrected chi connectivity index (χ2v) is 3.85. The zero-order valence-corrected chi connectivity index (χ0v) is 10.3. The summed E-state index contributed by atoms with van der Waals surface area (Å²) in [4.78, 5) is 23.3. The number of rotatable bonds is 3. The fourth-order valence-corrected chi connectivity index (χ4v) is 1.73. The number of hydrogen-bond acceptors (Lipinski definition) is 5. The lowest BCUT2D eigenvalue weighted by Gasteiger charge is -2.10. The highest BCUT2D eigenvalue weighted by Gasteiger charge is 2.37. The SMILES string of the molecule is O=C(Cl)c1cnc([N+](=O)[O-])c(OC(F)(F)F)c1Br. The van der Waals surface area contributed by atoms with Gasteiger partial charge in [-0.25, -0.2) is 0 Å². The van der Waals surface area contributed by atoms with Gasteiger partial charge in [-0.05, 0) is 37.4 Å². The maximum atomic E-state index is 12.1. The highest BCUT2D eigenvalue weighted by Crippen LogP contribution is 2.39. The van der Waals surface area contributed by atoms with Gasteiger partial charge >= 0.3 is 12.2 Å². The van der Waals surface area contributed by atoms with Crippen LogP contribution in [0.4, 0.5) is 19.0 Å². The number of pyridine rings is 1. The fraction of sp³-hybridized carbons (Fsp3) is 0.143. The van der Waals surface area contributed by atoms with E-state index in [1.165, 1.54) is 0 Å². The van der Waals surface area contributed by atoms with Crippen LogP contribution in [0.2, 0.25) is 0 Å². The van der Waals surface area contributed by atoms with Crippen LogP contribution in [0.15, 0.2) is 10.7 Å². The van der Waals surface area contributed by atoms with Crippen LogP contribution in [-0.4, -0.2) is 21.5 Å². The topological polar surface area (TPSA) is 82.3 Å². The first-order chi connectivity index (χ1) is 8.13. The van der Waals surface area contributed by atoms with E-state index in [1.807, 2.05) is 0 Å². The zero-order valence-electron chi connectivity index (χ0n) is 7.99. The minimum Gasteiger partial charge on any atom is -0.395 e. The van der Waals surface area contributed by atoms with E-state index in [4.69, 9.17) is 11.6 Å². The third-order valence-corrected chi connectivity index (χ3v) is 2.55. The summed E-state index contributed by atoms with van der Waals surface area (Å²) >= 11 is 7.65. The van der Waals surface area contributed by atoms with Crippen molar-refractivity contribution in [1.82, 2.24) is 4.98 Å². The van der Waals surface area contributed by atoms with Crippen molar-refractivity contribution >= 4 is 38.6 Å². The van der Waals surface area contributed by atoms with Gasteiger partial charge in [0.05, 0.1) is 10.0 Å². The van der Waals surface area contributed by atoms with Crippen LogP contribution in [-0.2, 0) is 0 Å². The standard InChI is InChI=1S/C7HBrClF3N2O4/c8-3-2(5(9)15)1-13-6(14(16)17)4(3)18-7(10,11)12/h1H. The molecule has 0 aliphatic heterocycles. The molecule has 6 nitrogen and oxygen atoms in total. The quantitative estimate of drug-likeness (QED) is 0.476. The number of carbonyl (C=O) groups is 1. The van der Waals surface area contributed by atoms with Gasteiger partial charge in [-0.15, -0.1) is 13.2 Å². The predicted molar refractivity (Wildman–Crippen MR) is 55.5 cm³/mol. The van der Waals surface area contributed by atoms with Crippen molar-refractivity contribution in [3.63, 3.8) is 0 Å². The summed E-state index contributed by atoms with van der Waals surface area (Å²) in [5.74, 6) is -2.43. The van der Waals surface area contributed by atoms with E-state index in [2.05, 4.69) is 25.7 Å². The van der Waals surface area contributed by atoms with E-state index in [0.717, 1.165) is 0 Å². The Morgan fingerprint density at radius 1 is 1.56 bits per heavy atom. The molecule has 0 N–H and O–H groups in total. The van der Waals surface area contributed by atoms with Gasteiger partial charge in [0.2, 0.25) is 5.75 Å². The Labute approximate surface area is 110 Å². The third kappa shape index (κ3) is 3.29. The first-order valence-corrected chi connectivity index (χ1v) is 5.09. The second-order valence-electron chi connectivity index (χ2n) is 2.72. The molecular weight excluding hydrogens is 348 g/mol. The lowest BCUT2D eigenvalue weighted by atomic mass is 10.3. The molecule has 98 valence electrons. The molecule has 1 aromatic heterocycles. The molecule has 0 spiro atoms. The molecule has 0 aliphatic carbocycles. The highest BCUT2D eigenvalue weighted by atomic mass is 79.9. The van der Waals surface area contributed by atoms with Gasteiger partial charge in [0.25, 0.3) is 5.24 Å². The van der Waals surface area contributed by atoms with Gasteiger partial charge < -0.3 is 14.9 Å². The lowest BCUT2D eigenvalue weighted by molar-refractivity contribution is -0.393. The van der Waals surface area contributed by atoms with E-state index in [1.54, 1.807) is 0 Å². The molecule has 0 aromatic carbocycles. The largest absolute Gasteiger partial charge is 0.573 e. The number of ether oxygens (including phenoxy) is 1. The average Bonchev–Trinajstić information content (AvgIpc) is 2.17. The first kappa shape index (κ1) is 14.6. The van der Waals surface area contributed by atoms with Crippen molar-refractivity contribution in [3.05, 3.63) is 26.3 Å². The number of carbonyl (C=O) groups excluding carboxylic acids is 1. The first-order valence-electron chi connectivity index (χ1n) is 3.92. The number of aromatic nitrogens is 1. The third-order valence-electron chi connectivity index (χ3n) is 1.56. The summed E-state index contributed by atoms with van der Waals surface area (Å²) in [5.41, 5.74) is -0.485. The molecule has 1 heterocycles. The normalized spacial score (nSPS) is 11.2. The number of nitrogens with zero attached hydrogens (tertiary/aromatic N) is 2. The van der Waals surface area contributed by atoms with Gasteiger partial charge in [-0.2, -0.15) is 0 Å². The Hall–Kier alpha value is -1.42. The van der Waals surface area contributed by atoms with Crippen LogP contribution in [0.3, 0.4) is 0 Å². The van der Waals surface area contributed by atoms with Crippen molar-refractivity contribution in [2.75, 3.05) is 0 Å². The average molecular weight is 349 g/mol. The van der Waals surface area contributed by atoms with E-state index in [9.17, 15) is 28.1 Å². The Morgan fingerprint density at radius 2 is 2.11 bits per heavy atom. The van der Waals surface area contributed by atoms with Crippen molar-refractivity contribution in [2.24, 2.45) is 0 Å². The van der Waals surface area contributed by atoms with Crippen LogP contribution in [0.25, 0.3) is 0 Å². The monoisotopic (exact) mass is 348 g/mol. The predicted octanol–water partition coefficient (Wildman–Crippen LogP) is 3.03.